The van der Waals surface area contributed by atoms with Crippen LogP contribution in [0.1, 0.15) is 63.4 Å². The Balaban J connectivity index is 1.36. The Labute approximate surface area is 242 Å². The Morgan fingerprint density at radius 2 is 1.76 bits per heavy atom. The lowest BCUT2D eigenvalue weighted by molar-refractivity contribution is -0.127. The van der Waals surface area contributed by atoms with Crippen LogP contribution in [0.5, 0.6) is 17.2 Å². The second-order valence-corrected chi connectivity index (χ2v) is 10.3. The lowest BCUT2D eigenvalue weighted by Crippen LogP contribution is -2.33. The average molecular weight is 580 g/mol. The smallest absolute Gasteiger partial charge is 0.341 e. The molecule has 11 heteroatoms. The number of hydrogen-bond donors (Lipinski definition) is 2. The van der Waals surface area contributed by atoms with Crippen LogP contribution >= 0.6 is 11.3 Å². The first-order valence-corrected chi connectivity index (χ1v) is 14.1. The van der Waals surface area contributed by atoms with Gasteiger partial charge in [-0.15, -0.1) is 11.3 Å². The van der Waals surface area contributed by atoms with Crippen molar-refractivity contribution in [2.75, 3.05) is 26.1 Å². The number of hydrogen-bond acceptors (Lipinski definition) is 9. The molecule has 1 aliphatic rings. The average Bonchev–Trinajstić information content (AvgIpc) is 3.35. The van der Waals surface area contributed by atoms with Gasteiger partial charge >= 0.3 is 5.97 Å². The van der Waals surface area contributed by atoms with E-state index >= 15 is 0 Å². The number of rotatable bonds is 11. The third-order valence-corrected chi connectivity index (χ3v) is 7.70. The summed E-state index contributed by atoms with van der Waals surface area (Å²) in [5.74, 6) is 0.382. The molecule has 2 N–H and O–H groups in total. The number of thiophene rings is 1. The number of carbonyl (C=O) groups excluding carboxylic acids is 3. The topological polar surface area (TPSA) is 125 Å². The normalized spacial score (nSPS) is 13.2. The predicted octanol–water partition coefficient (Wildman–Crippen LogP) is 4.99. The van der Waals surface area contributed by atoms with Crippen LogP contribution in [0.4, 0.5) is 5.00 Å². The second-order valence-electron chi connectivity index (χ2n) is 9.22. The first-order valence-electron chi connectivity index (χ1n) is 13.3. The van der Waals surface area contributed by atoms with E-state index in [0.717, 1.165) is 36.1 Å². The van der Waals surface area contributed by atoms with Crippen molar-refractivity contribution in [3.05, 3.63) is 69.6 Å². The minimum Gasteiger partial charge on any atom is -0.497 e. The molecule has 0 aliphatic heterocycles. The highest BCUT2D eigenvalue weighted by molar-refractivity contribution is 7.17. The van der Waals surface area contributed by atoms with E-state index in [4.69, 9.17) is 18.9 Å². The van der Waals surface area contributed by atoms with Crippen molar-refractivity contribution < 1.29 is 33.3 Å². The van der Waals surface area contributed by atoms with E-state index in [9.17, 15) is 14.4 Å². The van der Waals surface area contributed by atoms with Crippen molar-refractivity contribution in [3.8, 4) is 17.2 Å². The van der Waals surface area contributed by atoms with Gasteiger partial charge in [0.2, 0.25) is 0 Å². The number of nitrogens with zero attached hydrogens (tertiary/aromatic N) is 1. The Hall–Kier alpha value is -4.38. The largest absolute Gasteiger partial charge is 0.497 e. The summed E-state index contributed by atoms with van der Waals surface area (Å²) in [6.45, 7) is 3.61. The molecule has 216 valence electrons. The fourth-order valence-corrected chi connectivity index (χ4v) is 5.66. The monoisotopic (exact) mass is 579 g/mol. The molecule has 0 spiro atoms. The summed E-state index contributed by atoms with van der Waals surface area (Å²) >= 11 is 1.44. The molecule has 1 heterocycles. The van der Waals surface area contributed by atoms with Crippen LogP contribution in [0.15, 0.2) is 47.6 Å². The Morgan fingerprint density at radius 3 is 2.46 bits per heavy atom. The molecular formula is C30H33N3O7S. The van der Waals surface area contributed by atoms with E-state index in [1.165, 1.54) is 24.7 Å². The Morgan fingerprint density at radius 1 is 1.02 bits per heavy atom. The second kappa shape index (κ2) is 13.8. The summed E-state index contributed by atoms with van der Waals surface area (Å²) in [6.07, 6.45) is 4.35. The van der Waals surface area contributed by atoms with Gasteiger partial charge in [-0.3, -0.25) is 9.59 Å². The van der Waals surface area contributed by atoms with Crippen LogP contribution in [-0.2, 0) is 22.4 Å². The van der Waals surface area contributed by atoms with Crippen molar-refractivity contribution >= 4 is 40.3 Å². The Bertz CT molecular complexity index is 1430. The summed E-state index contributed by atoms with van der Waals surface area (Å²) in [6, 6.07) is 11.6. The predicted molar refractivity (Wildman–Crippen MR) is 157 cm³/mol. The maximum atomic E-state index is 13.0. The van der Waals surface area contributed by atoms with Gasteiger partial charge < -0.3 is 24.3 Å². The van der Waals surface area contributed by atoms with Crippen LogP contribution in [-0.4, -0.2) is 50.9 Å². The third kappa shape index (κ3) is 7.23. The number of fused-ring (bicyclic) bond motifs is 1. The zero-order chi connectivity index (χ0) is 29.4. The van der Waals surface area contributed by atoms with Crippen molar-refractivity contribution in [3.63, 3.8) is 0 Å². The van der Waals surface area contributed by atoms with Gasteiger partial charge in [-0.05, 0) is 87.6 Å². The van der Waals surface area contributed by atoms with E-state index in [-0.39, 0.29) is 12.5 Å². The third-order valence-electron chi connectivity index (χ3n) is 6.49. The molecule has 0 saturated carbocycles. The molecule has 2 aromatic carbocycles. The first kappa shape index (κ1) is 29.6. The highest BCUT2D eigenvalue weighted by atomic mass is 32.1. The van der Waals surface area contributed by atoms with E-state index in [2.05, 4.69) is 15.8 Å². The molecule has 3 aromatic rings. The zero-order valence-corrected chi connectivity index (χ0v) is 24.3. The van der Waals surface area contributed by atoms with Gasteiger partial charge in [0, 0.05) is 16.0 Å². The van der Waals surface area contributed by atoms with Gasteiger partial charge in [-0.1, -0.05) is 0 Å². The number of carbonyl (C=O) groups is 3. The molecule has 0 fully saturated rings. The fourth-order valence-electron chi connectivity index (χ4n) is 4.39. The maximum absolute atomic E-state index is 13.0. The number of anilines is 1. The standard InChI is InChI=1S/C30H33N3O7S/c1-5-39-30(36)26-23-8-6-7-9-25(23)41-29(26)32-28(35)19-10-12-21(13-11-19)40-18(2)27(34)33-31-17-20-16-22(37-3)14-15-24(20)38-4/h10-18H,5-9H2,1-4H3,(H,32,35)(H,33,34)/b31-17-/t18-/m0/s1. The first-order chi connectivity index (χ1) is 19.8. The van der Waals surface area contributed by atoms with Crippen LogP contribution in [0.3, 0.4) is 0 Å². The number of aryl methyl sites for hydroxylation is 1. The molecule has 41 heavy (non-hydrogen) atoms. The summed E-state index contributed by atoms with van der Waals surface area (Å²) in [5.41, 5.74) is 4.91. The molecule has 2 amide bonds. The van der Waals surface area contributed by atoms with Crippen LogP contribution < -0.4 is 25.0 Å². The SMILES string of the molecule is CCOC(=O)c1c(NC(=O)c2ccc(O[C@@H](C)C(=O)N/N=C\c3cc(OC)ccc3OC)cc2)sc2c1CCCC2. The van der Waals surface area contributed by atoms with Gasteiger partial charge in [0.25, 0.3) is 11.8 Å². The zero-order valence-electron chi connectivity index (χ0n) is 23.4. The number of methoxy groups -OCH3 is 2. The van der Waals surface area contributed by atoms with Gasteiger partial charge in [0.15, 0.2) is 6.10 Å². The molecule has 0 radical (unpaired) electrons. The molecule has 0 bridgehead atoms. The summed E-state index contributed by atoms with van der Waals surface area (Å²) in [4.78, 5) is 39.3. The van der Waals surface area contributed by atoms with E-state index < -0.39 is 18.0 Å². The number of amides is 2. The highest BCUT2D eigenvalue weighted by Gasteiger charge is 2.27. The molecule has 0 saturated heterocycles. The van der Waals surface area contributed by atoms with Crippen LogP contribution in [0.25, 0.3) is 0 Å². The lowest BCUT2D eigenvalue weighted by Gasteiger charge is -2.13. The quantitative estimate of drug-likeness (QED) is 0.186. The number of esters is 1. The molecule has 1 atom stereocenters. The Kier molecular flexibility index (Phi) is 9.96. The van der Waals surface area contributed by atoms with Crippen molar-refractivity contribution in [2.45, 2.75) is 45.6 Å². The number of ether oxygens (including phenoxy) is 4. The fraction of sp³-hybridized carbons (Fsp3) is 0.333. The summed E-state index contributed by atoms with van der Waals surface area (Å²) in [7, 11) is 3.10. The van der Waals surface area contributed by atoms with Gasteiger partial charge in [0.05, 0.1) is 32.6 Å². The molecule has 1 aromatic heterocycles. The van der Waals surface area contributed by atoms with Crippen molar-refractivity contribution in [1.29, 1.82) is 0 Å². The number of benzene rings is 2. The molecule has 10 nitrogen and oxygen atoms in total. The van der Waals surface area contributed by atoms with Crippen molar-refractivity contribution in [2.24, 2.45) is 5.10 Å². The number of nitrogens with one attached hydrogen (secondary N) is 2. The van der Waals surface area contributed by atoms with E-state index in [1.54, 1.807) is 63.4 Å². The van der Waals surface area contributed by atoms with Gasteiger partial charge in [0.1, 0.15) is 22.2 Å². The maximum Gasteiger partial charge on any atom is 0.341 e. The van der Waals surface area contributed by atoms with Crippen LogP contribution in [0, 0.1) is 0 Å². The van der Waals surface area contributed by atoms with Crippen molar-refractivity contribution in [1.82, 2.24) is 5.43 Å². The van der Waals surface area contributed by atoms with E-state index in [1.807, 2.05) is 0 Å². The molecular weight excluding hydrogens is 546 g/mol. The van der Waals surface area contributed by atoms with Gasteiger partial charge in [-0.2, -0.15) is 5.10 Å². The summed E-state index contributed by atoms with van der Waals surface area (Å²) < 4.78 is 21.5. The van der Waals surface area contributed by atoms with E-state index in [0.29, 0.717) is 38.9 Å². The minimum atomic E-state index is -0.858. The minimum absolute atomic E-state index is 0.262. The summed E-state index contributed by atoms with van der Waals surface area (Å²) in [5, 5.41) is 7.40. The van der Waals surface area contributed by atoms with Gasteiger partial charge in [-0.25, -0.2) is 10.2 Å². The molecule has 1 aliphatic carbocycles. The molecule has 0 unspecified atom stereocenters. The lowest BCUT2D eigenvalue weighted by atomic mass is 9.95. The highest BCUT2D eigenvalue weighted by Crippen LogP contribution is 2.39. The van der Waals surface area contributed by atoms with Crippen LogP contribution in [0.2, 0.25) is 0 Å². The number of hydrazone groups is 1. The molecule has 4 rings (SSSR count).